The normalized spacial score (nSPS) is 12.4. The summed E-state index contributed by atoms with van der Waals surface area (Å²) in [7, 11) is 0. The lowest BCUT2D eigenvalue weighted by molar-refractivity contribution is 0.0950. The van der Waals surface area contributed by atoms with E-state index in [-0.39, 0.29) is 27.8 Å². The molecule has 1 aromatic rings. The highest BCUT2D eigenvalue weighted by Gasteiger charge is 2.13. The van der Waals surface area contributed by atoms with Gasteiger partial charge in [0.2, 0.25) is 0 Å². The third-order valence-corrected chi connectivity index (χ3v) is 3.13. The van der Waals surface area contributed by atoms with Crippen LogP contribution in [-0.4, -0.2) is 27.5 Å². The minimum atomic E-state index is -0.347. The Kier molecular flexibility index (Phi) is 5.47. The van der Waals surface area contributed by atoms with E-state index in [9.17, 15) is 9.90 Å². The van der Waals surface area contributed by atoms with Crippen LogP contribution in [-0.2, 0) is 0 Å². The van der Waals surface area contributed by atoms with Crippen molar-refractivity contribution < 1.29 is 15.0 Å². The third kappa shape index (κ3) is 4.56. The Hall–Kier alpha value is -1.23. The summed E-state index contributed by atoms with van der Waals surface area (Å²) in [6.45, 7) is 4.72. The van der Waals surface area contributed by atoms with Gasteiger partial charge in [0.05, 0.1) is 5.56 Å². The molecule has 1 rings (SSSR count). The van der Waals surface area contributed by atoms with Gasteiger partial charge >= 0.3 is 0 Å². The number of alkyl halides is 1. The average Bonchev–Trinajstić information content (AvgIpc) is 2.25. The molecular weight excluding hydrogens is 298 g/mol. The van der Waals surface area contributed by atoms with Gasteiger partial charge in [-0.3, -0.25) is 4.79 Å². The van der Waals surface area contributed by atoms with Crippen LogP contribution in [0.15, 0.2) is 18.2 Å². The minimum absolute atomic E-state index is 0.0674. The lowest BCUT2D eigenvalue weighted by Crippen LogP contribution is -2.30. The van der Waals surface area contributed by atoms with Crippen molar-refractivity contribution in [1.82, 2.24) is 5.32 Å². The zero-order valence-corrected chi connectivity index (χ0v) is 12.1. The first-order valence-corrected chi connectivity index (χ1v) is 6.76. The van der Waals surface area contributed by atoms with Crippen LogP contribution in [0.2, 0.25) is 0 Å². The number of phenolic OH excluding ortho intramolecular Hbond substituents is 2. The highest BCUT2D eigenvalue weighted by Crippen LogP contribution is 2.22. The largest absolute Gasteiger partial charge is 0.508 e. The van der Waals surface area contributed by atoms with Crippen molar-refractivity contribution in [2.24, 2.45) is 5.92 Å². The summed E-state index contributed by atoms with van der Waals surface area (Å²) < 4.78 is 0. The van der Waals surface area contributed by atoms with Crippen LogP contribution in [0.3, 0.4) is 0 Å². The summed E-state index contributed by atoms with van der Waals surface area (Å²) in [6, 6.07) is 3.91. The molecule has 0 heterocycles. The fraction of sp³-hybridized carbons (Fsp3) is 0.462. The maximum absolute atomic E-state index is 11.8. The molecule has 0 aliphatic carbocycles. The van der Waals surface area contributed by atoms with Crippen molar-refractivity contribution >= 4 is 21.8 Å². The van der Waals surface area contributed by atoms with E-state index in [1.165, 1.54) is 12.1 Å². The quantitative estimate of drug-likeness (QED) is 0.732. The van der Waals surface area contributed by atoms with E-state index in [1.807, 2.05) is 0 Å². The molecule has 0 fully saturated rings. The molecule has 100 valence electrons. The topological polar surface area (TPSA) is 69.6 Å². The van der Waals surface area contributed by atoms with Gasteiger partial charge in [0, 0.05) is 17.4 Å². The summed E-state index contributed by atoms with van der Waals surface area (Å²) in [4.78, 5) is 12.0. The predicted molar refractivity (Wildman–Crippen MR) is 74.3 cm³/mol. The molecule has 1 atom stereocenters. The van der Waals surface area contributed by atoms with Gasteiger partial charge in [0.15, 0.2) is 0 Å². The number of aromatic hydroxyl groups is 2. The molecule has 0 aliphatic rings. The number of phenols is 2. The number of benzene rings is 1. The molecular formula is C13H18BrNO3. The lowest BCUT2D eigenvalue weighted by atomic mass is 10.1. The van der Waals surface area contributed by atoms with Crippen LogP contribution in [0.1, 0.15) is 30.6 Å². The Morgan fingerprint density at radius 1 is 1.39 bits per heavy atom. The van der Waals surface area contributed by atoms with E-state index >= 15 is 0 Å². The van der Waals surface area contributed by atoms with Crippen molar-refractivity contribution in [3.8, 4) is 11.5 Å². The molecule has 0 saturated heterocycles. The number of nitrogens with one attached hydrogen (secondary N) is 1. The first-order chi connectivity index (χ1) is 8.40. The molecule has 1 amide bonds. The van der Waals surface area contributed by atoms with Gasteiger partial charge in [0.1, 0.15) is 11.5 Å². The number of carbonyl (C=O) groups is 1. The average molecular weight is 316 g/mol. The Morgan fingerprint density at radius 2 is 2.06 bits per heavy atom. The van der Waals surface area contributed by atoms with Crippen molar-refractivity contribution in [2.75, 3.05) is 6.54 Å². The zero-order valence-electron chi connectivity index (χ0n) is 10.5. The van der Waals surface area contributed by atoms with Crippen LogP contribution >= 0.6 is 15.9 Å². The number of hydrogen-bond acceptors (Lipinski definition) is 3. The molecule has 3 N–H and O–H groups in total. The van der Waals surface area contributed by atoms with Gasteiger partial charge < -0.3 is 15.5 Å². The van der Waals surface area contributed by atoms with E-state index in [1.54, 1.807) is 0 Å². The van der Waals surface area contributed by atoms with Gasteiger partial charge in [-0.2, -0.15) is 0 Å². The number of rotatable bonds is 5. The van der Waals surface area contributed by atoms with Crippen molar-refractivity contribution in [3.05, 3.63) is 23.8 Å². The summed E-state index contributed by atoms with van der Waals surface area (Å²) in [6.07, 6.45) is 0.960. The molecule has 0 aromatic heterocycles. The SMILES string of the molecule is CC(C)CC(Br)CNC(=O)c1ccc(O)cc1O. The van der Waals surface area contributed by atoms with Gasteiger partial charge in [-0.1, -0.05) is 29.8 Å². The minimum Gasteiger partial charge on any atom is -0.508 e. The Bertz CT molecular complexity index is 421. The lowest BCUT2D eigenvalue weighted by Gasteiger charge is -2.13. The fourth-order valence-corrected chi connectivity index (χ4v) is 2.52. The summed E-state index contributed by atoms with van der Waals surface area (Å²) in [5, 5.41) is 21.4. The monoisotopic (exact) mass is 315 g/mol. The molecule has 0 saturated carbocycles. The van der Waals surface area contributed by atoms with Crippen LogP contribution in [0, 0.1) is 5.92 Å². The highest BCUT2D eigenvalue weighted by atomic mass is 79.9. The number of amides is 1. The first-order valence-electron chi connectivity index (χ1n) is 5.84. The maximum atomic E-state index is 11.8. The van der Waals surface area contributed by atoms with Crippen molar-refractivity contribution in [1.29, 1.82) is 0 Å². The number of hydrogen-bond donors (Lipinski definition) is 3. The van der Waals surface area contributed by atoms with E-state index in [0.717, 1.165) is 12.5 Å². The van der Waals surface area contributed by atoms with E-state index in [4.69, 9.17) is 5.11 Å². The smallest absolute Gasteiger partial charge is 0.255 e. The van der Waals surface area contributed by atoms with Gasteiger partial charge in [-0.15, -0.1) is 0 Å². The second-order valence-corrected chi connectivity index (χ2v) is 5.93. The number of halogens is 1. The Morgan fingerprint density at radius 3 is 2.61 bits per heavy atom. The molecule has 1 unspecified atom stereocenters. The fourth-order valence-electron chi connectivity index (χ4n) is 1.61. The van der Waals surface area contributed by atoms with Crippen molar-refractivity contribution in [2.45, 2.75) is 25.1 Å². The van der Waals surface area contributed by atoms with E-state index < -0.39 is 0 Å². The van der Waals surface area contributed by atoms with E-state index in [0.29, 0.717) is 12.5 Å². The third-order valence-electron chi connectivity index (χ3n) is 2.44. The van der Waals surface area contributed by atoms with Gasteiger partial charge in [0.25, 0.3) is 5.91 Å². The molecule has 4 nitrogen and oxygen atoms in total. The predicted octanol–water partition coefficient (Wildman–Crippen LogP) is 2.64. The first kappa shape index (κ1) is 14.8. The molecule has 0 aliphatic heterocycles. The summed E-state index contributed by atoms with van der Waals surface area (Å²) >= 11 is 3.49. The van der Waals surface area contributed by atoms with Crippen LogP contribution in [0.4, 0.5) is 0 Å². The second-order valence-electron chi connectivity index (χ2n) is 4.64. The Labute approximate surface area is 115 Å². The molecule has 1 aromatic carbocycles. The van der Waals surface area contributed by atoms with Gasteiger partial charge in [-0.05, 0) is 24.5 Å². The Balaban J connectivity index is 2.55. The van der Waals surface area contributed by atoms with Crippen molar-refractivity contribution in [3.63, 3.8) is 0 Å². The van der Waals surface area contributed by atoms with Crippen LogP contribution in [0.5, 0.6) is 11.5 Å². The summed E-state index contributed by atoms with van der Waals surface area (Å²) in [5.74, 6) is -0.0845. The molecule has 18 heavy (non-hydrogen) atoms. The van der Waals surface area contributed by atoms with Gasteiger partial charge in [-0.25, -0.2) is 0 Å². The summed E-state index contributed by atoms with van der Waals surface area (Å²) in [5.41, 5.74) is 0.164. The zero-order chi connectivity index (χ0) is 13.7. The molecule has 5 heteroatoms. The number of carbonyl (C=O) groups excluding carboxylic acids is 1. The van der Waals surface area contributed by atoms with E-state index in [2.05, 4.69) is 35.1 Å². The standard InChI is InChI=1S/C13H18BrNO3/c1-8(2)5-9(14)7-15-13(18)11-4-3-10(16)6-12(11)17/h3-4,6,8-9,16-17H,5,7H2,1-2H3,(H,15,18). The molecule has 0 spiro atoms. The molecule has 0 bridgehead atoms. The van der Waals surface area contributed by atoms with Crippen LogP contribution < -0.4 is 5.32 Å². The molecule has 0 radical (unpaired) electrons. The van der Waals surface area contributed by atoms with Crippen LogP contribution in [0.25, 0.3) is 0 Å². The second kappa shape index (κ2) is 6.64. The highest BCUT2D eigenvalue weighted by molar-refractivity contribution is 9.09. The maximum Gasteiger partial charge on any atom is 0.255 e.